The standard InChI is InChI=1S/C21H18N4O4/c1-13-17(19(24-28-13)15-3-8-22-9-4-15)7-12-27-21(26)18-14(2)29-25-20(18)16-5-10-23-11-6-16/h3-6,8-11H,7,12H2,1-2H3. The van der Waals surface area contributed by atoms with Crippen molar-refractivity contribution in [3.8, 4) is 22.5 Å². The lowest BCUT2D eigenvalue weighted by molar-refractivity contribution is 0.0507. The topological polar surface area (TPSA) is 104 Å². The predicted molar refractivity (Wildman–Crippen MR) is 103 cm³/mol. The fourth-order valence-electron chi connectivity index (χ4n) is 3.06. The van der Waals surface area contributed by atoms with Gasteiger partial charge in [-0.05, 0) is 38.1 Å². The summed E-state index contributed by atoms with van der Waals surface area (Å²) in [6, 6.07) is 7.23. The van der Waals surface area contributed by atoms with Crippen molar-refractivity contribution in [2.24, 2.45) is 0 Å². The van der Waals surface area contributed by atoms with Crippen LogP contribution in [0.25, 0.3) is 22.5 Å². The lowest BCUT2D eigenvalue weighted by atomic mass is 10.1. The summed E-state index contributed by atoms with van der Waals surface area (Å²) in [6.45, 7) is 3.68. The molecule has 8 heteroatoms. The van der Waals surface area contributed by atoms with Gasteiger partial charge in [0.05, 0.1) is 6.61 Å². The van der Waals surface area contributed by atoms with Crippen LogP contribution in [0, 0.1) is 13.8 Å². The van der Waals surface area contributed by atoms with E-state index in [-0.39, 0.29) is 6.61 Å². The monoisotopic (exact) mass is 390 g/mol. The Morgan fingerprint density at radius 3 is 2.07 bits per heavy atom. The van der Waals surface area contributed by atoms with Gasteiger partial charge < -0.3 is 13.8 Å². The lowest BCUT2D eigenvalue weighted by Crippen LogP contribution is -2.10. The number of pyridine rings is 2. The Kier molecular flexibility index (Phi) is 5.15. The van der Waals surface area contributed by atoms with Crippen LogP contribution in [0.5, 0.6) is 0 Å². The molecule has 0 fully saturated rings. The Bertz CT molecular complexity index is 1120. The molecule has 0 amide bonds. The SMILES string of the molecule is Cc1onc(-c2ccncc2)c1CCOC(=O)c1c(-c2ccncc2)noc1C. The summed E-state index contributed by atoms with van der Waals surface area (Å²) in [5.41, 5.74) is 3.99. The molecule has 0 atom stereocenters. The number of aromatic nitrogens is 4. The molecule has 0 unspecified atom stereocenters. The minimum absolute atomic E-state index is 0.166. The quantitative estimate of drug-likeness (QED) is 0.458. The Balaban J connectivity index is 1.49. The predicted octanol–water partition coefficient (Wildman–Crippen LogP) is 3.80. The zero-order valence-corrected chi connectivity index (χ0v) is 16.0. The van der Waals surface area contributed by atoms with E-state index < -0.39 is 5.97 Å². The molecule has 4 aromatic rings. The maximum atomic E-state index is 12.7. The molecule has 29 heavy (non-hydrogen) atoms. The summed E-state index contributed by atoms with van der Waals surface area (Å²) in [5.74, 6) is 0.599. The number of carbonyl (C=O) groups is 1. The highest BCUT2D eigenvalue weighted by molar-refractivity contribution is 5.97. The second kappa shape index (κ2) is 8.05. The third kappa shape index (κ3) is 3.77. The van der Waals surface area contributed by atoms with Crippen LogP contribution in [0.15, 0.2) is 58.1 Å². The zero-order chi connectivity index (χ0) is 20.2. The van der Waals surface area contributed by atoms with Crippen LogP contribution in [0.3, 0.4) is 0 Å². The smallest absolute Gasteiger partial charge is 0.344 e. The molecule has 146 valence electrons. The molecule has 4 rings (SSSR count). The van der Waals surface area contributed by atoms with Gasteiger partial charge in [-0.2, -0.15) is 0 Å². The summed E-state index contributed by atoms with van der Waals surface area (Å²) in [7, 11) is 0. The molecule has 4 aromatic heterocycles. The van der Waals surface area contributed by atoms with E-state index in [1.54, 1.807) is 43.8 Å². The summed E-state index contributed by atoms with van der Waals surface area (Å²) < 4.78 is 16.1. The summed E-state index contributed by atoms with van der Waals surface area (Å²) in [5, 5.41) is 8.13. The van der Waals surface area contributed by atoms with Gasteiger partial charge in [-0.3, -0.25) is 9.97 Å². The van der Waals surface area contributed by atoms with Crippen molar-refractivity contribution >= 4 is 5.97 Å². The molecule has 0 aliphatic carbocycles. The van der Waals surface area contributed by atoms with Gasteiger partial charge in [0.15, 0.2) is 0 Å². The third-order valence-corrected chi connectivity index (χ3v) is 4.54. The number of esters is 1. The van der Waals surface area contributed by atoms with Gasteiger partial charge in [0.25, 0.3) is 0 Å². The van der Waals surface area contributed by atoms with Crippen molar-refractivity contribution in [3.05, 3.63) is 71.7 Å². The molecule has 0 saturated carbocycles. The Morgan fingerprint density at radius 1 is 0.862 bits per heavy atom. The molecule has 0 spiro atoms. The number of ether oxygens (including phenoxy) is 1. The molecular weight excluding hydrogens is 372 g/mol. The number of nitrogens with zero attached hydrogens (tertiary/aromatic N) is 4. The number of rotatable bonds is 6. The maximum absolute atomic E-state index is 12.7. The van der Waals surface area contributed by atoms with E-state index in [9.17, 15) is 4.79 Å². The number of carbonyl (C=O) groups excluding carboxylic acids is 1. The molecule has 0 N–H and O–H groups in total. The molecule has 4 heterocycles. The van der Waals surface area contributed by atoms with Gasteiger partial charge in [0.1, 0.15) is 28.5 Å². The highest BCUT2D eigenvalue weighted by atomic mass is 16.5. The van der Waals surface area contributed by atoms with Gasteiger partial charge in [-0.25, -0.2) is 4.79 Å². The number of hydrogen-bond donors (Lipinski definition) is 0. The second-order valence-corrected chi connectivity index (χ2v) is 6.39. The van der Waals surface area contributed by atoms with Gasteiger partial charge >= 0.3 is 5.97 Å². The molecule has 0 bridgehead atoms. The summed E-state index contributed by atoms with van der Waals surface area (Å²) >= 11 is 0. The van der Waals surface area contributed by atoms with Crippen LogP contribution < -0.4 is 0 Å². The van der Waals surface area contributed by atoms with E-state index >= 15 is 0 Å². The summed E-state index contributed by atoms with van der Waals surface area (Å²) in [4.78, 5) is 20.7. The van der Waals surface area contributed by atoms with Crippen molar-refractivity contribution in [1.82, 2.24) is 20.3 Å². The normalized spacial score (nSPS) is 10.8. The number of aryl methyl sites for hydroxylation is 2. The zero-order valence-electron chi connectivity index (χ0n) is 16.0. The molecular formula is C21H18N4O4. The first-order chi connectivity index (χ1) is 14.1. The molecule has 0 saturated heterocycles. The highest BCUT2D eigenvalue weighted by Crippen LogP contribution is 2.27. The van der Waals surface area contributed by atoms with E-state index in [1.807, 2.05) is 19.1 Å². The van der Waals surface area contributed by atoms with Crippen LogP contribution in [0.2, 0.25) is 0 Å². The van der Waals surface area contributed by atoms with E-state index in [1.165, 1.54) is 0 Å². The van der Waals surface area contributed by atoms with Crippen LogP contribution in [-0.4, -0.2) is 32.9 Å². The van der Waals surface area contributed by atoms with Crippen molar-refractivity contribution in [2.45, 2.75) is 20.3 Å². The molecule has 0 aliphatic heterocycles. The first-order valence-electron chi connectivity index (χ1n) is 9.04. The average molecular weight is 390 g/mol. The Morgan fingerprint density at radius 2 is 1.41 bits per heavy atom. The highest BCUT2D eigenvalue weighted by Gasteiger charge is 2.23. The minimum atomic E-state index is -0.491. The van der Waals surface area contributed by atoms with Crippen molar-refractivity contribution in [2.75, 3.05) is 6.61 Å². The largest absolute Gasteiger partial charge is 0.462 e. The molecule has 8 nitrogen and oxygen atoms in total. The molecule has 0 aliphatic rings. The van der Waals surface area contributed by atoms with E-state index in [0.717, 1.165) is 22.4 Å². The van der Waals surface area contributed by atoms with Gasteiger partial charge in [0.2, 0.25) is 0 Å². The molecule has 0 aromatic carbocycles. The van der Waals surface area contributed by atoms with Gasteiger partial charge in [0, 0.05) is 47.9 Å². The third-order valence-electron chi connectivity index (χ3n) is 4.54. The minimum Gasteiger partial charge on any atom is -0.462 e. The first-order valence-corrected chi connectivity index (χ1v) is 9.04. The van der Waals surface area contributed by atoms with Crippen molar-refractivity contribution in [3.63, 3.8) is 0 Å². The van der Waals surface area contributed by atoms with Crippen molar-refractivity contribution in [1.29, 1.82) is 0 Å². The van der Waals surface area contributed by atoms with E-state index in [2.05, 4.69) is 20.3 Å². The van der Waals surface area contributed by atoms with Crippen LogP contribution in [0.4, 0.5) is 0 Å². The van der Waals surface area contributed by atoms with E-state index in [4.69, 9.17) is 13.8 Å². The lowest BCUT2D eigenvalue weighted by Gasteiger charge is -2.06. The Labute approximate surface area is 166 Å². The number of hydrogen-bond acceptors (Lipinski definition) is 8. The van der Waals surface area contributed by atoms with E-state index in [0.29, 0.717) is 29.2 Å². The van der Waals surface area contributed by atoms with Crippen LogP contribution in [0.1, 0.15) is 27.4 Å². The molecule has 0 radical (unpaired) electrons. The average Bonchev–Trinajstić information content (AvgIpc) is 3.32. The van der Waals surface area contributed by atoms with Gasteiger partial charge in [-0.1, -0.05) is 10.3 Å². The van der Waals surface area contributed by atoms with Crippen LogP contribution in [-0.2, 0) is 11.2 Å². The Hall–Kier alpha value is -3.81. The summed E-state index contributed by atoms with van der Waals surface area (Å²) in [6.07, 6.45) is 7.11. The fourth-order valence-corrected chi connectivity index (χ4v) is 3.06. The fraction of sp³-hybridized carbons (Fsp3) is 0.190. The first kappa shape index (κ1) is 18.5. The second-order valence-electron chi connectivity index (χ2n) is 6.39. The maximum Gasteiger partial charge on any atom is 0.344 e. The van der Waals surface area contributed by atoms with Crippen LogP contribution >= 0.6 is 0 Å². The van der Waals surface area contributed by atoms with Crippen molar-refractivity contribution < 1.29 is 18.6 Å². The van der Waals surface area contributed by atoms with Gasteiger partial charge in [-0.15, -0.1) is 0 Å².